The van der Waals surface area contributed by atoms with Crippen LogP contribution in [0.3, 0.4) is 0 Å². The smallest absolute Gasteiger partial charge is 0.431 e. The van der Waals surface area contributed by atoms with Crippen molar-refractivity contribution < 1.29 is 40.2 Å². The van der Waals surface area contributed by atoms with Gasteiger partial charge in [0.1, 0.15) is 5.75 Å². The molecule has 0 saturated heterocycles. The largest absolute Gasteiger partial charge is 0.496 e. The predicted molar refractivity (Wildman–Crippen MR) is 67.9 cm³/mol. The van der Waals surface area contributed by atoms with Crippen molar-refractivity contribution in [3.05, 3.63) is 29.8 Å². The van der Waals surface area contributed by atoms with Gasteiger partial charge in [0.15, 0.2) is 0 Å². The highest BCUT2D eigenvalue weighted by Gasteiger charge is 2.74. The molecular weight excluding hydrogens is 333 g/mol. The van der Waals surface area contributed by atoms with Crippen molar-refractivity contribution in [2.45, 2.75) is 37.0 Å². The molecule has 0 fully saturated rings. The summed E-state index contributed by atoms with van der Waals surface area (Å²) in [6.07, 6.45) is -14.3. The molecule has 0 heterocycles. The van der Waals surface area contributed by atoms with Gasteiger partial charge in [-0.1, -0.05) is 18.2 Å². The molecule has 0 radical (unpaired) electrons. The Morgan fingerprint density at radius 2 is 1.35 bits per heavy atom. The summed E-state index contributed by atoms with van der Waals surface area (Å²) in [6, 6.07) is 5.38. The number of hydrogen-bond acceptors (Lipinski definition) is 2. The van der Waals surface area contributed by atoms with Crippen molar-refractivity contribution in [1.29, 1.82) is 0 Å². The molecule has 1 atom stereocenters. The molecule has 0 amide bonds. The second kappa shape index (κ2) is 6.18. The van der Waals surface area contributed by atoms with Crippen LogP contribution in [0, 0.1) is 0 Å². The summed E-state index contributed by atoms with van der Waals surface area (Å²) < 4.78 is 100. The molecule has 0 spiro atoms. The maximum absolute atomic E-state index is 14.0. The quantitative estimate of drug-likeness (QED) is 0.713. The van der Waals surface area contributed by atoms with E-state index in [9.17, 15) is 30.7 Å². The third-order valence-electron chi connectivity index (χ3n) is 3.61. The van der Waals surface area contributed by atoms with Crippen LogP contribution in [0.4, 0.5) is 30.7 Å². The third-order valence-corrected chi connectivity index (χ3v) is 3.61. The van der Waals surface area contributed by atoms with E-state index in [1.807, 2.05) is 0 Å². The molecule has 9 heteroatoms. The predicted octanol–water partition coefficient (Wildman–Crippen LogP) is 4.78. The normalized spacial score (nSPS) is 16.1. The molecule has 1 unspecified atom stereocenters. The Hall–Kier alpha value is -1.51. The molecular formula is C14H15F7O2. The van der Waals surface area contributed by atoms with E-state index in [-0.39, 0.29) is 11.3 Å². The Kier molecular flexibility index (Phi) is 5.25. The van der Waals surface area contributed by atoms with E-state index < -0.39 is 30.0 Å². The Morgan fingerprint density at radius 1 is 0.870 bits per heavy atom. The second-order valence-corrected chi connectivity index (χ2v) is 5.11. The summed E-state index contributed by atoms with van der Waals surface area (Å²) >= 11 is 0. The van der Waals surface area contributed by atoms with Crippen LogP contribution in [-0.2, 0) is 10.3 Å². The lowest BCUT2D eigenvalue weighted by Gasteiger charge is -2.38. The molecule has 23 heavy (non-hydrogen) atoms. The molecule has 0 aliphatic carbocycles. The van der Waals surface area contributed by atoms with E-state index in [0.29, 0.717) is 0 Å². The average Bonchev–Trinajstić information content (AvgIpc) is 2.44. The van der Waals surface area contributed by atoms with E-state index in [1.54, 1.807) is 0 Å². The maximum atomic E-state index is 14.0. The summed E-state index contributed by atoms with van der Waals surface area (Å²) in [5, 5.41) is 0. The summed E-state index contributed by atoms with van der Waals surface area (Å²) in [5.41, 5.74) is -7.77. The highest BCUT2D eigenvalue weighted by Crippen LogP contribution is 2.53. The molecule has 0 aliphatic rings. The van der Waals surface area contributed by atoms with Crippen molar-refractivity contribution in [3.8, 4) is 5.75 Å². The van der Waals surface area contributed by atoms with Crippen LogP contribution >= 0.6 is 0 Å². The SMILES string of the molecule is COc1ccccc1C(C)(CC(F)(C(F)(F)F)C(F)(F)F)OC. The highest BCUT2D eigenvalue weighted by atomic mass is 19.4. The molecule has 1 aromatic carbocycles. The van der Waals surface area contributed by atoms with Crippen LogP contribution in [0.1, 0.15) is 18.9 Å². The zero-order chi connectivity index (χ0) is 18.1. The summed E-state index contributed by atoms with van der Waals surface area (Å²) in [6.45, 7) is 0.941. The molecule has 0 N–H and O–H groups in total. The first-order valence-corrected chi connectivity index (χ1v) is 6.33. The van der Waals surface area contributed by atoms with Gasteiger partial charge in [0.2, 0.25) is 0 Å². The minimum absolute atomic E-state index is 0.0106. The fourth-order valence-electron chi connectivity index (χ4n) is 2.18. The maximum Gasteiger partial charge on any atom is 0.431 e. The zero-order valence-corrected chi connectivity index (χ0v) is 12.5. The van der Waals surface area contributed by atoms with E-state index in [2.05, 4.69) is 0 Å². The first-order chi connectivity index (χ1) is 10.3. The van der Waals surface area contributed by atoms with Crippen molar-refractivity contribution in [1.82, 2.24) is 0 Å². The average molecular weight is 348 g/mol. The van der Waals surface area contributed by atoms with Gasteiger partial charge in [0.05, 0.1) is 12.7 Å². The van der Waals surface area contributed by atoms with Crippen molar-refractivity contribution in [2.75, 3.05) is 14.2 Å². The van der Waals surface area contributed by atoms with Gasteiger partial charge in [-0.3, -0.25) is 0 Å². The number of benzene rings is 1. The lowest BCUT2D eigenvalue weighted by atomic mass is 9.82. The standard InChI is InChI=1S/C14H15F7O2/c1-11(23-3,9-6-4-5-7-10(9)22-2)8-12(15,13(16,17)18)14(19,20)21/h4-7H,8H2,1-3H3. The molecule has 1 rings (SSSR count). The van der Waals surface area contributed by atoms with E-state index >= 15 is 0 Å². The van der Waals surface area contributed by atoms with Gasteiger partial charge < -0.3 is 9.47 Å². The minimum atomic E-state index is -6.15. The van der Waals surface area contributed by atoms with Gasteiger partial charge in [-0.2, -0.15) is 26.3 Å². The van der Waals surface area contributed by atoms with Crippen LogP contribution in [0.25, 0.3) is 0 Å². The van der Waals surface area contributed by atoms with Crippen molar-refractivity contribution in [3.63, 3.8) is 0 Å². The Labute approximate surface area is 128 Å². The third kappa shape index (κ3) is 3.54. The van der Waals surface area contributed by atoms with Gasteiger partial charge in [-0.15, -0.1) is 0 Å². The monoisotopic (exact) mass is 348 g/mol. The van der Waals surface area contributed by atoms with E-state index in [4.69, 9.17) is 9.47 Å². The number of para-hydroxylation sites is 1. The number of methoxy groups -OCH3 is 2. The fraction of sp³-hybridized carbons (Fsp3) is 0.571. The lowest BCUT2D eigenvalue weighted by molar-refractivity contribution is -0.353. The van der Waals surface area contributed by atoms with Crippen LogP contribution in [0.15, 0.2) is 24.3 Å². The highest BCUT2D eigenvalue weighted by molar-refractivity contribution is 5.38. The molecule has 0 aliphatic heterocycles. The van der Waals surface area contributed by atoms with Crippen LogP contribution < -0.4 is 4.74 Å². The lowest BCUT2D eigenvalue weighted by Crippen LogP contribution is -2.56. The molecule has 1 aromatic rings. The number of alkyl halides is 7. The minimum Gasteiger partial charge on any atom is -0.496 e. The molecule has 0 aromatic heterocycles. The molecule has 132 valence electrons. The zero-order valence-electron chi connectivity index (χ0n) is 12.5. The van der Waals surface area contributed by atoms with Gasteiger partial charge >= 0.3 is 18.0 Å². The van der Waals surface area contributed by atoms with Crippen molar-refractivity contribution in [2.24, 2.45) is 0 Å². The van der Waals surface area contributed by atoms with Gasteiger partial charge in [-0.25, -0.2) is 4.39 Å². The topological polar surface area (TPSA) is 18.5 Å². The van der Waals surface area contributed by atoms with Gasteiger partial charge in [0, 0.05) is 19.1 Å². The molecule has 0 saturated carbocycles. The van der Waals surface area contributed by atoms with Gasteiger partial charge in [-0.05, 0) is 13.0 Å². The molecule has 2 nitrogen and oxygen atoms in total. The van der Waals surface area contributed by atoms with Crippen LogP contribution in [-0.4, -0.2) is 32.2 Å². The van der Waals surface area contributed by atoms with Gasteiger partial charge in [0.25, 0.3) is 0 Å². The number of ether oxygens (including phenoxy) is 2. The van der Waals surface area contributed by atoms with Crippen LogP contribution in [0.2, 0.25) is 0 Å². The Bertz CT molecular complexity index is 525. The number of hydrogen-bond donors (Lipinski definition) is 0. The number of rotatable bonds is 5. The van der Waals surface area contributed by atoms with E-state index in [1.165, 1.54) is 31.4 Å². The summed E-state index contributed by atoms with van der Waals surface area (Å²) in [5.74, 6) is -0.0106. The summed E-state index contributed by atoms with van der Waals surface area (Å²) in [7, 11) is 2.09. The first kappa shape index (κ1) is 19.5. The first-order valence-electron chi connectivity index (χ1n) is 6.33. The molecule has 0 bridgehead atoms. The second-order valence-electron chi connectivity index (χ2n) is 5.11. The van der Waals surface area contributed by atoms with E-state index in [0.717, 1.165) is 14.0 Å². The fourth-order valence-corrected chi connectivity index (χ4v) is 2.18. The summed E-state index contributed by atoms with van der Waals surface area (Å²) in [4.78, 5) is 0. The Balaban J connectivity index is 3.44. The van der Waals surface area contributed by atoms with Crippen molar-refractivity contribution >= 4 is 0 Å². The van der Waals surface area contributed by atoms with Crippen LogP contribution in [0.5, 0.6) is 5.75 Å². The number of halogens is 7. The Morgan fingerprint density at radius 3 is 1.74 bits per heavy atom.